The number of fused-ring (bicyclic) bond motifs is 1. The van der Waals surface area contributed by atoms with Crippen molar-refractivity contribution in [3.05, 3.63) is 59.1 Å². The van der Waals surface area contributed by atoms with Crippen molar-refractivity contribution in [3.8, 4) is 16.9 Å². The van der Waals surface area contributed by atoms with Gasteiger partial charge in [-0.3, -0.25) is 4.90 Å². The van der Waals surface area contributed by atoms with E-state index < -0.39 is 5.66 Å². The van der Waals surface area contributed by atoms with Crippen molar-refractivity contribution in [1.82, 2.24) is 0 Å². The third kappa shape index (κ3) is 3.24. The van der Waals surface area contributed by atoms with Crippen LogP contribution in [0.1, 0.15) is 32.1 Å². The Morgan fingerprint density at radius 3 is 2.52 bits per heavy atom. The lowest BCUT2D eigenvalue weighted by Gasteiger charge is -2.46. The summed E-state index contributed by atoms with van der Waals surface area (Å²) >= 11 is 3.75. The minimum atomic E-state index is -0.576. The molecule has 1 spiro atoms. The Balaban J connectivity index is 1.80. The minimum absolute atomic E-state index is 0.214. The van der Waals surface area contributed by atoms with Crippen molar-refractivity contribution < 1.29 is 5.11 Å². The smallest absolute Gasteiger partial charge is 0.220 e. The zero-order valence-electron chi connectivity index (χ0n) is 17.1. The molecule has 0 saturated heterocycles. The minimum Gasteiger partial charge on any atom is -0.507 e. The number of nitrogens with zero attached hydrogens (tertiary/aromatic N) is 3. The summed E-state index contributed by atoms with van der Waals surface area (Å²) in [5.74, 6) is 0.755. The predicted octanol–water partition coefficient (Wildman–Crippen LogP) is 5.08. The second-order valence-corrected chi connectivity index (χ2v) is 8.99. The number of halogens is 1. The Hall–Kier alpha value is -3.06. The number of phenols is 1. The molecule has 2 aliphatic rings. The van der Waals surface area contributed by atoms with Crippen molar-refractivity contribution in [2.24, 2.45) is 21.5 Å². The van der Waals surface area contributed by atoms with E-state index in [0.29, 0.717) is 5.96 Å². The molecule has 1 saturated carbocycles. The largest absolute Gasteiger partial charge is 0.507 e. The summed E-state index contributed by atoms with van der Waals surface area (Å²) in [5, 5.41) is 13.0. The van der Waals surface area contributed by atoms with Crippen LogP contribution in [0, 0.1) is 0 Å². The molecule has 7 heteroatoms. The zero-order valence-corrected chi connectivity index (χ0v) is 18.6. The standard InChI is InChI=1S/C24H24BrN5O/c25-18-10-6-9-17(20-16-8-3-2-7-15(16)11-12-19(20)31)21(18)30-23(27)28-22(26)29-24(30)13-4-1-5-14-24/h2-3,6-12,31H,1,4-5,13-14H2,(H4,26,27,28,29). The van der Waals surface area contributed by atoms with Gasteiger partial charge in [-0.25, -0.2) is 4.99 Å². The van der Waals surface area contributed by atoms with E-state index in [-0.39, 0.29) is 11.7 Å². The van der Waals surface area contributed by atoms with Crippen LogP contribution in [-0.4, -0.2) is 22.7 Å². The number of aliphatic imine (C=N–C) groups is 2. The van der Waals surface area contributed by atoms with Crippen LogP contribution in [0.2, 0.25) is 0 Å². The molecule has 31 heavy (non-hydrogen) atoms. The zero-order chi connectivity index (χ0) is 21.6. The average Bonchev–Trinajstić information content (AvgIpc) is 2.75. The molecule has 5 rings (SSSR count). The van der Waals surface area contributed by atoms with Crippen LogP contribution >= 0.6 is 15.9 Å². The topological polar surface area (TPSA) is 100 Å². The Morgan fingerprint density at radius 2 is 1.71 bits per heavy atom. The summed E-state index contributed by atoms with van der Waals surface area (Å²) in [6, 6.07) is 17.7. The van der Waals surface area contributed by atoms with Crippen LogP contribution in [0.3, 0.4) is 0 Å². The van der Waals surface area contributed by atoms with E-state index in [1.54, 1.807) is 6.07 Å². The van der Waals surface area contributed by atoms with Crippen LogP contribution in [0.5, 0.6) is 5.75 Å². The van der Waals surface area contributed by atoms with Gasteiger partial charge in [0.2, 0.25) is 11.9 Å². The van der Waals surface area contributed by atoms with E-state index in [0.717, 1.165) is 64.2 Å². The lowest BCUT2D eigenvalue weighted by Crippen LogP contribution is -2.58. The molecule has 1 aliphatic carbocycles. The first-order valence-electron chi connectivity index (χ1n) is 10.5. The number of nitrogens with two attached hydrogens (primary N) is 2. The van der Waals surface area contributed by atoms with Crippen LogP contribution in [0.15, 0.2) is 69.1 Å². The third-order valence-corrected chi connectivity index (χ3v) is 6.88. The van der Waals surface area contributed by atoms with Crippen molar-refractivity contribution in [1.29, 1.82) is 0 Å². The highest BCUT2D eigenvalue weighted by atomic mass is 79.9. The van der Waals surface area contributed by atoms with Crippen molar-refractivity contribution in [2.75, 3.05) is 4.90 Å². The fraction of sp³-hybridized carbons (Fsp3) is 0.250. The van der Waals surface area contributed by atoms with Crippen LogP contribution in [0.25, 0.3) is 21.9 Å². The van der Waals surface area contributed by atoms with Gasteiger partial charge in [0.25, 0.3) is 0 Å². The third-order valence-electron chi connectivity index (χ3n) is 6.24. The lowest BCUT2D eigenvalue weighted by molar-refractivity contribution is 0.305. The summed E-state index contributed by atoms with van der Waals surface area (Å²) in [6.45, 7) is 0. The second kappa shape index (κ2) is 7.57. The Bertz CT molecular complexity index is 1230. The predicted molar refractivity (Wildman–Crippen MR) is 130 cm³/mol. The van der Waals surface area contributed by atoms with E-state index in [4.69, 9.17) is 16.5 Å². The number of rotatable bonds is 2. The molecular formula is C24H24BrN5O. The lowest BCUT2D eigenvalue weighted by atomic mass is 9.86. The first kappa shape index (κ1) is 19.9. The molecule has 3 aromatic rings. The van der Waals surface area contributed by atoms with E-state index in [2.05, 4.69) is 20.9 Å². The molecule has 0 radical (unpaired) electrons. The highest BCUT2D eigenvalue weighted by molar-refractivity contribution is 9.10. The van der Waals surface area contributed by atoms with Gasteiger partial charge in [0.15, 0.2) is 0 Å². The molecular weight excluding hydrogens is 454 g/mol. The molecule has 5 N–H and O–H groups in total. The van der Waals surface area contributed by atoms with Gasteiger partial charge >= 0.3 is 0 Å². The van der Waals surface area contributed by atoms with Crippen LogP contribution < -0.4 is 16.4 Å². The fourth-order valence-electron chi connectivity index (χ4n) is 4.93. The number of benzene rings is 3. The van der Waals surface area contributed by atoms with Crippen molar-refractivity contribution >= 4 is 44.3 Å². The highest BCUT2D eigenvalue weighted by Crippen LogP contribution is 2.48. The van der Waals surface area contributed by atoms with Gasteiger partial charge in [0.05, 0.1) is 5.69 Å². The summed E-state index contributed by atoms with van der Waals surface area (Å²) in [4.78, 5) is 11.1. The molecule has 0 aromatic heterocycles. The van der Waals surface area contributed by atoms with Gasteiger partial charge < -0.3 is 16.6 Å². The van der Waals surface area contributed by atoms with Gasteiger partial charge in [-0.1, -0.05) is 48.9 Å². The maximum Gasteiger partial charge on any atom is 0.220 e. The maximum absolute atomic E-state index is 10.9. The first-order valence-corrected chi connectivity index (χ1v) is 11.3. The first-order chi connectivity index (χ1) is 15.0. The molecule has 0 atom stereocenters. The Morgan fingerprint density at radius 1 is 0.935 bits per heavy atom. The van der Waals surface area contributed by atoms with Gasteiger partial charge in [0, 0.05) is 15.6 Å². The number of aromatic hydroxyl groups is 1. The summed E-state index contributed by atoms with van der Waals surface area (Å²) in [7, 11) is 0. The molecule has 1 fully saturated rings. The number of hydrogen-bond donors (Lipinski definition) is 3. The number of hydrogen-bond acceptors (Lipinski definition) is 6. The molecule has 1 heterocycles. The fourth-order valence-corrected chi connectivity index (χ4v) is 5.48. The molecule has 6 nitrogen and oxygen atoms in total. The maximum atomic E-state index is 10.9. The normalized spacial score (nSPS) is 18.2. The van der Waals surface area contributed by atoms with Gasteiger partial charge in [-0.2, -0.15) is 4.99 Å². The number of para-hydroxylation sites is 1. The number of anilines is 1. The van der Waals surface area contributed by atoms with Gasteiger partial charge in [-0.15, -0.1) is 0 Å². The van der Waals surface area contributed by atoms with Crippen LogP contribution in [0.4, 0.5) is 5.69 Å². The number of guanidine groups is 2. The van der Waals surface area contributed by atoms with Crippen LogP contribution in [-0.2, 0) is 0 Å². The molecule has 1 aliphatic heterocycles. The highest BCUT2D eigenvalue weighted by Gasteiger charge is 2.44. The quantitative estimate of drug-likeness (QED) is 0.478. The number of phenolic OH excluding ortho intramolecular Hbond substituents is 1. The molecule has 0 unspecified atom stereocenters. The molecule has 0 amide bonds. The molecule has 158 valence electrons. The monoisotopic (exact) mass is 477 g/mol. The Labute approximate surface area is 189 Å². The molecule has 0 bridgehead atoms. The van der Waals surface area contributed by atoms with Crippen molar-refractivity contribution in [3.63, 3.8) is 0 Å². The summed E-state index contributed by atoms with van der Waals surface area (Å²) < 4.78 is 0.858. The summed E-state index contributed by atoms with van der Waals surface area (Å²) in [6.07, 6.45) is 4.92. The van der Waals surface area contributed by atoms with E-state index >= 15 is 0 Å². The van der Waals surface area contributed by atoms with Crippen molar-refractivity contribution in [2.45, 2.75) is 37.8 Å². The average molecular weight is 478 g/mol. The van der Waals surface area contributed by atoms with Gasteiger partial charge in [-0.05, 0) is 64.5 Å². The van der Waals surface area contributed by atoms with E-state index in [1.165, 1.54) is 0 Å². The summed E-state index contributed by atoms with van der Waals surface area (Å²) in [5.41, 5.74) is 14.5. The second-order valence-electron chi connectivity index (χ2n) is 8.14. The Kier molecular flexibility index (Phi) is 4.85. The van der Waals surface area contributed by atoms with E-state index in [9.17, 15) is 5.11 Å². The van der Waals surface area contributed by atoms with Gasteiger partial charge in [0.1, 0.15) is 11.4 Å². The molecule has 3 aromatic carbocycles. The van der Waals surface area contributed by atoms with E-state index in [1.807, 2.05) is 53.4 Å². The SMILES string of the molecule is NC1=NC2(CCCCC2)N(c2c(Br)cccc2-c2c(O)ccc3ccccc23)C(N)=N1.